The Morgan fingerprint density at radius 3 is 2.31 bits per heavy atom. The van der Waals surface area contributed by atoms with Crippen LogP contribution in [0, 0.1) is 6.92 Å². The zero-order chi connectivity index (χ0) is 24.5. The molecule has 0 radical (unpaired) electrons. The number of amides is 2. The fraction of sp³-hybridized carbons (Fsp3) is 0.0690. The van der Waals surface area contributed by atoms with Crippen molar-refractivity contribution in [2.45, 2.75) is 13.5 Å². The normalized spacial score (nSPS) is 10.9. The van der Waals surface area contributed by atoms with Gasteiger partial charge in [-0.3, -0.25) is 14.6 Å². The molecule has 1 aromatic heterocycles. The lowest BCUT2D eigenvalue weighted by Crippen LogP contribution is -2.34. The second kappa shape index (κ2) is 11.4. The molecular weight excluding hydrogens is 438 g/mol. The van der Waals surface area contributed by atoms with Crippen molar-refractivity contribution >= 4 is 17.9 Å². The molecule has 0 saturated carbocycles. The summed E-state index contributed by atoms with van der Waals surface area (Å²) in [5, 5.41) is 5.62. The minimum Gasteiger partial charge on any atom is -0.457 e. The van der Waals surface area contributed by atoms with E-state index in [0.717, 1.165) is 11.1 Å². The number of benzene rings is 3. The van der Waals surface area contributed by atoms with Crippen LogP contribution in [0.4, 0.5) is 0 Å². The third kappa shape index (κ3) is 6.88. The number of hydrogen-bond donors (Lipinski definition) is 2. The molecular formula is C29H25N3O3. The average molecular weight is 464 g/mol. The molecule has 0 bridgehead atoms. The van der Waals surface area contributed by atoms with Gasteiger partial charge in [-0.1, -0.05) is 48.0 Å². The van der Waals surface area contributed by atoms with Crippen molar-refractivity contribution in [1.29, 1.82) is 0 Å². The van der Waals surface area contributed by atoms with Gasteiger partial charge in [0.1, 0.15) is 17.2 Å². The van der Waals surface area contributed by atoms with Crippen LogP contribution in [0.2, 0.25) is 0 Å². The fourth-order valence-electron chi connectivity index (χ4n) is 3.30. The molecule has 6 nitrogen and oxygen atoms in total. The first kappa shape index (κ1) is 23.4. The van der Waals surface area contributed by atoms with Crippen molar-refractivity contribution in [3.05, 3.63) is 131 Å². The van der Waals surface area contributed by atoms with Gasteiger partial charge < -0.3 is 15.4 Å². The molecule has 0 atom stereocenters. The maximum absolute atomic E-state index is 13.1. The molecule has 174 valence electrons. The molecule has 4 rings (SSSR count). The Bertz CT molecular complexity index is 1320. The number of ether oxygens (including phenoxy) is 1. The van der Waals surface area contributed by atoms with Crippen LogP contribution in [0.3, 0.4) is 0 Å². The summed E-state index contributed by atoms with van der Waals surface area (Å²) in [5.41, 5.74) is 3.24. The third-order valence-corrected chi connectivity index (χ3v) is 5.16. The number of nitrogens with zero attached hydrogens (tertiary/aromatic N) is 1. The summed E-state index contributed by atoms with van der Waals surface area (Å²) in [6, 6.07) is 27.5. The van der Waals surface area contributed by atoms with Crippen LogP contribution in [0.15, 0.2) is 109 Å². The topological polar surface area (TPSA) is 80.3 Å². The van der Waals surface area contributed by atoms with E-state index < -0.39 is 5.91 Å². The second-order valence-corrected chi connectivity index (χ2v) is 7.90. The smallest absolute Gasteiger partial charge is 0.268 e. The van der Waals surface area contributed by atoms with E-state index in [1.54, 1.807) is 36.7 Å². The van der Waals surface area contributed by atoms with E-state index >= 15 is 0 Å². The van der Waals surface area contributed by atoms with E-state index in [0.29, 0.717) is 29.2 Å². The highest BCUT2D eigenvalue weighted by Crippen LogP contribution is 2.22. The lowest BCUT2D eigenvalue weighted by Gasteiger charge is -2.12. The Morgan fingerprint density at radius 2 is 1.57 bits per heavy atom. The summed E-state index contributed by atoms with van der Waals surface area (Å²) >= 11 is 0. The van der Waals surface area contributed by atoms with Gasteiger partial charge in [0.2, 0.25) is 0 Å². The van der Waals surface area contributed by atoms with Gasteiger partial charge in [0.05, 0.1) is 0 Å². The van der Waals surface area contributed by atoms with Gasteiger partial charge in [-0.25, -0.2) is 0 Å². The molecule has 3 aromatic carbocycles. The molecule has 1 heterocycles. The van der Waals surface area contributed by atoms with Gasteiger partial charge in [0, 0.05) is 24.5 Å². The largest absolute Gasteiger partial charge is 0.457 e. The van der Waals surface area contributed by atoms with Crippen molar-refractivity contribution in [3.8, 4) is 11.5 Å². The fourth-order valence-corrected chi connectivity index (χ4v) is 3.30. The first-order valence-electron chi connectivity index (χ1n) is 11.2. The van der Waals surface area contributed by atoms with Crippen molar-refractivity contribution in [2.24, 2.45) is 0 Å². The standard InChI is InChI=1S/C29H25N3O3/c1-21-10-12-24(13-11-21)28(33)32-27(29(34)31-20-22-14-16-30-17-15-22)19-23-6-5-9-26(18-23)35-25-7-3-2-4-8-25/h2-19H,20H2,1H3,(H,31,34)(H,32,33). The number of rotatable bonds is 8. The summed E-state index contributed by atoms with van der Waals surface area (Å²) < 4.78 is 5.90. The average Bonchev–Trinajstić information content (AvgIpc) is 2.88. The molecule has 0 aliphatic carbocycles. The first-order chi connectivity index (χ1) is 17.1. The molecule has 0 saturated heterocycles. The maximum atomic E-state index is 13.1. The Labute approximate surface area is 204 Å². The minimum absolute atomic E-state index is 0.126. The van der Waals surface area contributed by atoms with E-state index in [4.69, 9.17) is 4.74 Å². The second-order valence-electron chi connectivity index (χ2n) is 7.90. The Morgan fingerprint density at radius 1 is 0.857 bits per heavy atom. The number of carbonyl (C=O) groups excluding carboxylic acids is 2. The maximum Gasteiger partial charge on any atom is 0.268 e. The third-order valence-electron chi connectivity index (χ3n) is 5.16. The van der Waals surface area contributed by atoms with Crippen molar-refractivity contribution in [2.75, 3.05) is 0 Å². The number of aromatic nitrogens is 1. The van der Waals surface area contributed by atoms with Gasteiger partial charge in [-0.15, -0.1) is 0 Å². The molecule has 0 spiro atoms. The van der Waals surface area contributed by atoms with E-state index in [9.17, 15) is 9.59 Å². The molecule has 2 amide bonds. The molecule has 6 heteroatoms. The van der Waals surface area contributed by atoms with Crippen molar-refractivity contribution in [1.82, 2.24) is 15.6 Å². The molecule has 0 aliphatic rings. The number of hydrogen-bond acceptors (Lipinski definition) is 4. The highest BCUT2D eigenvalue weighted by atomic mass is 16.5. The Hall–Kier alpha value is -4.71. The van der Waals surface area contributed by atoms with Gasteiger partial charge >= 0.3 is 0 Å². The van der Waals surface area contributed by atoms with Gasteiger partial charge in [0.25, 0.3) is 11.8 Å². The number of nitrogens with one attached hydrogen (secondary N) is 2. The quantitative estimate of drug-likeness (QED) is 0.349. The number of para-hydroxylation sites is 1. The molecule has 35 heavy (non-hydrogen) atoms. The summed E-state index contributed by atoms with van der Waals surface area (Å²) in [4.78, 5) is 29.9. The minimum atomic E-state index is -0.406. The van der Waals surface area contributed by atoms with Crippen LogP contribution in [0.5, 0.6) is 11.5 Å². The summed E-state index contributed by atoms with van der Waals surface area (Å²) in [7, 11) is 0. The van der Waals surface area contributed by atoms with Crippen LogP contribution in [-0.2, 0) is 11.3 Å². The lowest BCUT2D eigenvalue weighted by atomic mass is 10.1. The van der Waals surface area contributed by atoms with Crippen LogP contribution in [-0.4, -0.2) is 16.8 Å². The zero-order valence-electron chi connectivity index (χ0n) is 19.3. The van der Waals surface area contributed by atoms with Gasteiger partial charge in [-0.2, -0.15) is 0 Å². The van der Waals surface area contributed by atoms with Crippen LogP contribution >= 0.6 is 0 Å². The van der Waals surface area contributed by atoms with Crippen molar-refractivity contribution in [3.63, 3.8) is 0 Å². The molecule has 0 unspecified atom stereocenters. The van der Waals surface area contributed by atoms with E-state index in [1.807, 2.05) is 79.7 Å². The predicted molar refractivity (Wildman–Crippen MR) is 136 cm³/mol. The SMILES string of the molecule is Cc1ccc(C(=O)NC(=Cc2cccc(Oc3ccccc3)c2)C(=O)NCc2ccncc2)cc1. The molecule has 2 N–H and O–H groups in total. The number of pyridine rings is 1. The summed E-state index contributed by atoms with van der Waals surface area (Å²) in [6.45, 7) is 2.25. The van der Waals surface area contributed by atoms with E-state index in [2.05, 4.69) is 15.6 Å². The lowest BCUT2D eigenvalue weighted by molar-refractivity contribution is -0.117. The first-order valence-corrected chi connectivity index (χ1v) is 11.2. The van der Waals surface area contributed by atoms with E-state index in [-0.39, 0.29) is 11.6 Å². The highest BCUT2D eigenvalue weighted by Gasteiger charge is 2.15. The zero-order valence-corrected chi connectivity index (χ0v) is 19.3. The molecule has 0 aliphatic heterocycles. The van der Waals surface area contributed by atoms with E-state index in [1.165, 1.54) is 0 Å². The number of carbonyl (C=O) groups is 2. The van der Waals surface area contributed by atoms with Crippen LogP contribution in [0.1, 0.15) is 27.0 Å². The predicted octanol–water partition coefficient (Wildman–Crippen LogP) is 5.27. The Balaban J connectivity index is 1.57. The monoisotopic (exact) mass is 463 g/mol. The summed E-state index contributed by atoms with van der Waals surface area (Å²) in [5.74, 6) is 0.548. The highest BCUT2D eigenvalue weighted by molar-refractivity contribution is 6.05. The number of aryl methyl sites for hydroxylation is 1. The van der Waals surface area contributed by atoms with Gasteiger partial charge in [-0.05, 0) is 72.7 Å². The Kier molecular flexibility index (Phi) is 7.66. The molecule has 0 fully saturated rings. The van der Waals surface area contributed by atoms with Gasteiger partial charge in [0.15, 0.2) is 0 Å². The van der Waals surface area contributed by atoms with Crippen LogP contribution < -0.4 is 15.4 Å². The molecule has 4 aromatic rings. The van der Waals surface area contributed by atoms with Crippen molar-refractivity contribution < 1.29 is 14.3 Å². The van der Waals surface area contributed by atoms with Crippen LogP contribution in [0.25, 0.3) is 6.08 Å². The summed E-state index contributed by atoms with van der Waals surface area (Å²) in [6.07, 6.45) is 4.96.